The predicted molar refractivity (Wildman–Crippen MR) is 116 cm³/mol. The first kappa shape index (κ1) is 21.8. The van der Waals surface area contributed by atoms with E-state index in [-0.39, 0.29) is 29.0 Å². The summed E-state index contributed by atoms with van der Waals surface area (Å²) in [5, 5.41) is 2.88. The number of esters is 1. The van der Waals surface area contributed by atoms with E-state index < -0.39 is 23.1 Å². The van der Waals surface area contributed by atoms with Crippen LogP contribution < -0.4 is 22.3 Å². The number of pyridine rings is 1. The van der Waals surface area contributed by atoms with Crippen LogP contribution in [0.3, 0.4) is 0 Å². The Morgan fingerprint density at radius 1 is 1.10 bits per heavy atom. The number of anilines is 2. The molecule has 0 unspecified atom stereocenters. The van der Waals surface area contributed by atoms with Crippen LogP contribution in [0.2, 0.25) is 0 Å². The van der Waals surface area contributed by atoms with Crippen LogP contribution in [0, 0.1) is 0 Å². The lowest BCUT2D eigenvalue weighted by Gasteiger charge is -2.16. The van der Waals surface area contributed by atoms with Crippen molar-refractivity contribution in [3.05, 3.63) is 61.8 Å². The summed E-state index contributed by atoms with van der Waals surface area (Å²) in [7, 11) is 2.85. The number of carbonyl (C=O) groups excluding carboxylic acids is 2. The molecule has 0 bridgehead atoms. The Kier molecular flexibility index (Phi) is 5.91. The van der Waals surface area contributed by atoms with E-state index in [1.165, 1.54) is 30.8 Å². The molecule has 3 rings (SSSR count). The van der Waals surface area contributed by atoms with Crippen LogP contribution in [0.4, 0.5) is 11.5 Å². The predicted octanol–water partition coefficient (Wildman–Crippen LogP) is 1.21. The first-order chi connectivity index (χ1) is 14.7. The number of rotatable bonds is 5. The molecule has 2 heterocycles. The summed E-state index contributed by atoms with van der Waals surface area (Å²) in [4.78, 5) is 54.0. The van der Waals surface area contributed by atoms with Crippen molar-refractivity contribution in [3.8, 4) is 0 Å². The van der Waals surface area contributed by atoms with Gasteiger partial charge in [0.2, 0.25) is 0 Å². The minimum absolute atomic E-state index is 0.0696. The number of hydrogen-bond donors (Lipinski definition) is 2. The minimum Gasteiger partial charge on any atom is -0.462 e. The molecule has 0 saturated heterocycles. The minimum atomic E-state index is -0.552. The second kappa shape index (κ2) is 8.42. The van der Waals surface area contributed by atoms with Gasteiger partial charge in [0.05, 0.1) is 23.1 Å². The van der Waals surface area contributed by atoms with Crippen LogP contribution in [-0.2, 0) is 25.3 Å². The molecule has 0 spiro atoms. The van der Waals surface area contributed by atoms with Crippen LogP contribution in [-0.4, -0.2) is 32.6 Å². The first-order valence-corrected chi connectivity index (χ1v) is 9.67. The Morgan fingerprint density at radius 3 is 2.32 bits per heavy atom. The van der Waals surface area contributed by atoms with Gasteiger partial charge < -0.3 is 15.8 Å². The molecule has 31 heavy (non-hydrogen) atoms. The molecule has 1 amide bonds. The van der Waals surface area contributed by atoms with E-state index in [0.29, 0.717) is 23.2 Å². The molecule has 162 valence electrons. The van der Waals surface area contributed by atoms with Crippen molar-refractivity contribution < 1.29 is 14.3 Å². The Balaban J connectivity index is 2.07. The number of benzene rings is 1. The Labute approximate surface area is 177 Å². The third-order valence-corrected chi connectivity index (χ3v) is 4.95. The summed E-state index contributed by atoms with van der Waals surface area (Å²) in [5.74, 6) is -1.10. The summed E-state index contributed by atoms with van der Waals surface area (Å²) in [6, 6.07) is 6.18. The number of amides is 1. The van der Waals surface area contributed by atoms with E-state index in [1.807, 2.05) is 0 Å². The first-order valence-electron chi connectivity index (χ1n) is 9.67. The van der Waals surface area contributed by atoms with Gasteiger partial charge in [0.25, 0.3) is 11.5 Å². The van der Waals surface area contributed by atoms with Gasteiger partial charge >= 0.3 is 11.7 Å². The summed E-state index contributed by atoms with van der Waals surface area (Å²) < 4.78 is 7.13. The van der Waals surface area contributed by atoms with Crippen molar-refractivity contribution in [2.24, 2.45) is 14.1 Å². The van der Waals surface area contributed by atoms with Gasteiger partial charge in [-0.15, -0.1) is 0 Å². The largest absolute Gasteiger partial charge is 0.462 e. The van der Waals surface area contributed by atoms with Gasteiger partial charge in [0, 0.05) is 19.8 Å². The van der Waals surface area contributed by atoms with Gasteiger partial charge in [-0.1, -0.05) is 6.92 Å². The number of carbonyl (C=O) groups is 2. The van der Waals surface area contributed by atoms with Gasteiger partial charge in [-0.2, -0.15) is 0 Å². The smallest absolute Gasteiger partial charge is 0.338 e. The molecule has 0 aliphatic heterocycles. The van der Waals surface area contributed by atoms with Gasteiger partial charge in [0.15, 0.2) is 5.65 Å². The maximum absolute atomic E-state index is 13.0. The molecule has 0 saturated carbocycles. The number of aromatic nitrogens is 3. The molecule has 0 aliphatic carbocycles. The molecule has 3 aromatic rings. The van der Waals surface area contributed by atoms with Crippen LogP contribution in [0.1, 0.15) is 40.1 Å². The second-order valence-electron chi connectivity index (χ2n) is 6.86. The maximum Gasteiger partial charge on any atom is 0.338 e. The van der Waals surface area contributed by atoms with E-state index in [9.17, 15) is 19.2 Å². The topological polar surface area (TPSA) is 138 Å². The Hall–Kier alpha value is -3.95. The maximum atomic E-state index is 13.0. The van der Waals surface area contributed by atoms with Gasteiger partial charge in [-0.05, 0) is 43.2 Å². The molecule has 3 N–H and O–H groups in total. The standard InChI is InChI=1S/C21H23N5O5/c1-5-13-14(16(22)24-17-15(13)19(28)26(4)21(30)25(17)3)18(27)23-12-9-7-11(8-10-12)20(29)31-6-2/h7-10H,5-6H2,1-4H3,(H2,22,24)(H,23,27). The molecular weight excluding hydrogens is 402 g/mol. The molecule has 0 radical (unpaired) electrons. The fraction of sp³-hybridized carbons (Fsp3) is 0.286. The molecule has 0 atom stereocenters. The highest BCUT2D eigenvalue weighted by molar-refractivity contribution is 6.10. The normalized spacial score (nSPS) is 10.8. The molecule has 10 nitrogen and oxygen atoms in total. The van der Waals surface area contributed by atoms with Crippen molar-refractivity contribution in [2.75, 3.05) is 17.7 Å². The fourth-order valence-corrected chi connectivity index (χ4v) is 3.38. The summed E-state index contributed by atoms with van der Waals surface area (Å²) in [6.45, 7) is 3.76. The number of ether oxygens (including phenoxy) is 1. The van der Waals surface area contributed by atoms with Crippen LogP contribution in [0.5, 0.6) is 0 Å². The Morgan fingerprint density at radius 2 is 1.74 bits per heavy atom. The molecule has 1 aromatic carbocycles. The van der Waals surface area contributed by atoms with E-state index >= 15 is 0 Å². The van der Waals surface area contributed by atoms with E-state index in [0.717, 1.165) is 4.57 Å². The lowest BCUT2D eigenvalue weighted by atomic mass is 10.0. The number of aryl methyl sites for hydroxylation is 2. The average molecular weight is 425 g/mol. The zero-order chi connectivity index (χ0) is 22.9. The van der Waals surface area contributed by atoms with E-state index in [1.54, 1.807) is 26.0 Å². The number of hydrogen-bond acceptors (Lipinski definition) is 7. The monoisotopic (exact) mass is 425 g/mol. The molecular formula is C21H23N5O5. The zero-order valence-corrected chi connectivity index (χ0v) is 17.7. The number of nitrogens with two attached hydrogens (primary N) is 1. The average Bonchev–Trinajstić information content (AvgIpc) is 2.75. The molecule has 0 fully saturated rings. The van der Waals surface area contributed by atoms with Crippen molar-refractivity contribution in [3.63, 3.8) is 0 Å². The van der Waals surface area contributed by atoms with E-state index in [4.69, 9.17) is 10.5 Å². The van der Waals surface area contributed by atoms with Crippen LogP contribution >= 0.6 is 0 Å². The third-order valence-electron chi connectivity index (χ3n) is 4.95. The SMILES string of the molecule is CCOC(=O)c1ccc(NC(=O)c2c(N)nc3c(c2CC)c(=O)n(C)c(=O)n3C)cc1. The van der Waals surface area contributed by atoms with Gasteiger partial charge in [-0.3, -0.25) is 18.7 Å². The zero-order valence-electron chi connectivity index (χ0n) is 17.7. The van der Waals surface area contributed by atoms with Crippen molar-refractivity contribution in [1.82, 2.24) is 14.1 Å². The molecule has 0 aliphatic rings. The van der Waals surface area contributed by atoms with Crippen molar-refractivity contribution >= 4 is 34.4 Å². The number of nitrogen functional groups attached to an aromatic ring is 1. The van der Waals surface area contributed by atoms with Crippen molar-refractivity contribution in [2.45, 2.75) is 20.3 Å². The van der Waals surface area contributed by atoms with Crippen LogP contribution in [0.15, 0.2) is 33.9 Å². The number of nitrogens with zero attached hydrogens (tertiary/aromatic N) is 3. The highest BCUT2D eigenvalue weighted by Crippen LogP contribution is 2.24. The summed E-state index contributed by atoms with van der Waals surface area (Å²) in [5.41, 5.74) is 6.35. The number of nitrogens with one attached hydrogen (secondary N) is 1. The lowest BCUT2D eigenvalue weighted by Crippen LogP contribution is -2.38. The van der Waals surface area contributed by atoms with Crippen molar-refractivity contribution in [1.29, 1.82) is 0 Å². The lowest BCUT2D eigenvalue weighted by molar-refractivity contribution is 0.0526. The fourth-order valence-electron chi connectivity index (χ4n) is 3.38. The summed E-state index contributed by atoms with van der Waals surface area (Å²) >= 11 is 0. The van der Waals surface area contributed by atoms with Gasteiger partial charge in [-0.25, -0.2) is 14.6 Å². The van der Waals surface area contributed by atoms with Gasteiger partial charge in [0.1, 0.15) is 5.82 Å². The molecule has 2 aromatic heterocycles. The third kappa shape index (κ3) is 3.79. The van der Waals surface area contributed by atoms with Crippen LogP contribution in [0.25, 0.3) is 11.0 Å². The highest BCUT2D eigenvalue weighted by Gasteiger charge is 2.23. The second-order valence-corrected chi connectivity index (χ2v) is 6.86. The quantitative estimate of drug-likeness (QED) is 0.586. The highest BCUT2D eigenvalue weighted by atomic mass is 16.5. The Bertz CT molecular complexity index is 1310. The molecule has 10 heteroatoms. The summed E-state index contributed by atoms with van der Waals surface area (Å²) in [6.07, 6.45) is 0.321. The van der Waals surface area contributed by atoms with E-state index in [2.05, 4.69) is 10.3 Å². The number of fused-ring (bicyclic) bond motifs is 1.